The number of sulfonamides is 1. The fourth-order valence-corrected chi connectivity index (χ4v) is 3.10. The van der Waals surface area contributed by atoms with Crippen molar-refractivity contribution in [3.8, 4) is 0 Å². The molecule has 1 amide bonds. The highest BCUT2D eigenvalue weighted by molar-refractivity contribution is 7.89. The van der Waals surface area contributed by atoms with E-state index < -0.39 is 10.0 Å². The van der Waals surface area contributed by atoms with E-state index in [2.05, 4.69) is 4.72 Å². The number of aryl methyl sites for hydroxylation is 2. The van der Waals surface area contributed by atoms with Crippen LogP contribution in [-0.2, 0) is 14.8 Å². The molecule has 0 spiro atoms. The lowest BCUT2D eigenvalue weighted by Crippen LogP contribution is -2.38. The first kappa shape index (κ1) is 16.5. The number of carbonyl (C=O) groups is 1. The molecule has 0 aliphatic heterocycles. The number of carbonyl (C=O) groups excluding carboxylic acids is 1. The molecule has 1 aromatic rings. The minimum atomic E-state index is -3.80. The summed E-state index contributed by atoms with van der Waals surface area (Å²) in [7, 11) is -2.19. The van der Waals surface area contributed by atoms with E-state index in [1.54, 1.807) is 33.0 Å². The highest BCUT2D eigenvalue weighted by atomic mass is 32.2. The zero-order chi connectivity index (χ0) is 15.5. The normalized spacial score (nSPS) is 11.4. The van der Waals surface area contributed by atoms with Crippen molar-refractivity contribution in [3.05, 3.63) is 23.3 Å². The number of nitrogens with one attached hydrogen (secondary N) is 1. The number of nitrogens with zero attached hydrogens (tertiary/aromatic N) is 1. The monoisotopic (exact) mass is 299 g/mol. The van der Waals surface area contributed by atoms with Crippen molar-refractivity contribution >= 4 is 21.6 Å². The number of likely N-dealkylation sites (N-methyl/N-ethyl adjacent to an activating group) is 1. The molecule has 1 aromatic carbocycles. The molecule has 0 aliphatic rings. The van der Waals surface area contributed by atoms with Crippen molar-refractivity contribution in [1.82, 2.24) is 9.62 Å². The number of nitrogens with two attached hydrogens (primary N) is 1. The quantitative estimate of drug-likeness (QED) is 0.780. The molecule has 20 heavy (non-hydrogen) atoms. The second-order valence-corrected chi connectivity index (χ2v) is 6.38. The molecule has 0 radical (unpaired) electrons. The molecule has 0 atom stereocenters. The van der Waals surface area contributed by atoms with Gasteiger partial charge >= 0.3 is 0 Å². The summed E-state index contributed by atoms with van der Waals surface area (Å²) in [5.41, 5.74) is 7.30. The molecule has 0 fully saturated rings. The first-order valence-corrected chi connectivity index (χ1v) is 7.78. The smallest absolute Gasteiger partial charge is 0.243 e. The number of rotatable bonds is 5. The minimum Gasteiger partial charge on any atom is -0.397 e. The van der Waals surface area contributed by atoms with Gasteiger partial charge in [-0.3, -0.25) is 4.79 Å². The lowest BCUT2D eigenvalue weighted by atomic mass is 10.1. The molecule has 0 saturated heterocycles. The molecule has 6 nitrogen and oxygen atoms in total. The Bertz CT molecular complexity index is 612. The van der Waals surface area contributed by atoms with Gasteiger partial charge in [-0.1, -0.05) is 12.1 Å². The van der Waals surface area contributed by atoms with Gasteiger partial charge in [-0.05, 0) is 31.9 Å². The Kier molecular flexibility index (Phi) is 5.13. The van der Waals surface area contributed by atoms with Gasteiger partial charge in [0.2, 0.25) is 15.9 Å². The molecule has 0 heterocycles. The zero-order valence-corrected chi connectivity index (χ0v) is 13.0. The third-order valence-corrected chi connectivity index (χ3v) is 4.80. The molecule has 0 unspecified atom stereocenters. The second kappa shape index (κ2) is 6.23. The van der Waals surface area contributed by atoms with Gasteiger partial charge in [0, 0.05) is 13.6 Å². The van der Waals surface area contributed by atoms with Crippen molar-refractivity contribution in [2.75, 3.05) is 25.9 Å². The van der Waals surface area contributed by atoms with Crippen LogP contribution in [-0.4, -0.2) is 39.4 Å². The van der Waals surface area contributed by atoms with E-state index in [0.717, 1.165) is 0 Å². The Morgan fingerprint density at radius 1 is 1.30 bits per heavy atom. The molecule has 0 bridgehead atoms. The van der Waals surface area contributed by atoms with Crippen molar-refractivity contribution in [2.24, 2.45) is 0 Å². The van der Waals surface area contributed by atoms with E-state index in [-0.39, 0.29) is 23.0 Å². The van der Waals surface area contributed by atoms with Gasteiger partial charge in [-0.25, -0.2) is 13.1 Å². The average Bonchev–Trinajstić information content (AvgIpc) is 2.39. The van der Waals surface area contributed by atoms with Crippen LogP contribution in [0.5, 0.6) is 0 Å². The molecule has 112 valence electrons. The first-order valence-electron chi connectivity index (χ1n) is 6.30. The van der Waals surface area contributed by atoms with E-state index in [1.165, 1.54) is 4.90 Å². The van der Waals surface area contributed by atoms with E-state index in [4.69, 9.17) is 5.73 Å². The Hall–Kier alpha value is -1.60. The Labute approximate surface area is 120 Å². The number of hydrogen-bond acceptors (Lipinski definition) is 4. The maximum atomic E-state index is 12.3. The summed E-state index contributed by atoms with van der Waals surface area (Å²) in [6.45, 7) is 5.47. The van der Waals surface area contributed by atoms with Gasteiger partial charge in [0.15, 0.2) is 0 Å². The van der Waals surface area contributed by atoms with Gasteiger partial charge < -0.3 is 10.6 Å². The molecule has 0 saturated carbocycles. The summed E-state index contributed by atoms with van der Waals surface area (Å²) < 4.78 is 26.9. The third kappa shape index (κ3) is 3.49. The lowest BCUT2D eigenvalue weighted by Gasteiger charge is -2.16. The van der Waals surface area contributed by atoms with Gasteiger partial charge in [0.25, 0.3) is 0 Å². The maximum Gasteiger partial charge on any atom is 0.243 e. The van der Waals surface area contributed by atoms with Crippen molar-refractivity contribution in [1.29, 1.82) is 0 Å². The molecule has 1 rings (SSSR count). The summed E-state index contributed by atoms with van der Waals surface area (Å²) in [4.78, 5) is 13.1. The zero-order valence-electron chi connectivity index (χ0n) is 12.2. The number of anilines is 1. The number of hydrogen-bond donors (Lipinski definition) is 2. The Morgan fingerprint density at radius 3 is 2.40 bits per heavy atom. The fourth-order valence-electron chi connectivity index (χ4n) is 1.70. The highest BCUT2D eigenvalue weighted by Crippen LogP contribution is 2.25. The number of nitrogen functional groups attached to an aromatic ring is 1. The van der Waals surface area contributed by atoms with E-state index in [0.29, 0.717) is 17.7 Å². The van der Waals surface area contributed by atoms with E-state index in [9.17, 15) is 13.2 Å². The molecule has 0 aromatic heterocycles. The molecule has 0 aliphatic carbocycles. The molecule has 7 heteroatoms. The van der Waals surface area contributed by atoms with Gasteiger partial charge in [0.05, 0.1) is 12.2 Å². The SMILES string of the molecule is CCN(C)C(=O)CNS(=O)(=O)c1c(C)ccc(C)c1N. The molecule has 3 N–H and O–H groups in total. The standard InChI is InChI=1S/C13H21N3O3S/c1-5-16(4)11(17)8-15-20(18,19)13-10(3)7-6-9(2)12(13)14/h6-7,15H,5,8,14H2,1-4H3. The van der Waals surface area contributed by atoms with E-state index in [1.807, 2.05) is 6.92 Å². The van der Waals surface area contributed by atoms with Gasteiger partial charge in [-0.15, -0.1) is 0 Å². The number of benzene rings is 1. The van der Waals surface area contributed by atoms with Crippen molar-refractivity contribution < 1.29 is 13.2 Å². The van der Waals surface area contributed by atoms with Crippen LogP contribution in [0.15, 0.2) is 17.0 Å². The largest absolute Gasteiger partial charge is 0.397 e. The third-order valence-electron chi connectivity index (χ3n) is 3.19. The van der Waals surface area contributed by atoms with Crippen LogP contribution >= 0.6 is 0 Å². The summed E-state index contributed by atoms with van der Waals surface area (Å²) in [6, 6.07) is 3.46. The van der Waals surface area contributed by atoms with Crippen LogP contribution in [0.25, 0.3) is 0 Å². The van der Waals surface area contributed by atoms with E-state index >= 15 is 0 Å². The average molecular weight is 299 g/mol. The summed E-state index contributed by atoms with van der Waals surface area (Å²) in [5.74, 6) is -0.292. The first-order chi connectivity index (χ1) is 9.20. The van der Waals surface area contributed by atoms with Crippen LogP contribution < -0.4 is 10.5 Å². The Morgan fingerprint density at radius 2 is 1.85 bits per heavy atom. The topological polar surface area (TPSA) is 92.5 Å². The van der Waals surface area contributed by atoms with Gasteiger partial charge in [-0.2, -0.15) is 0 Å². The number of amides is 1. The van der Waals surface area contributed by atoms with Crippen molar-refractivity contribution in [2.45, 2.75) is 25.7 Å². The van der Waals surface area contributed by atoms with Gasteiger partial charge in [0.1, 0.15) is 4.90 Å². The summed E-state index contributed by atoms with van der Waals surface area (Å²) >= 11 is 0. The Balaban J connectivity index is 3.02. The van der Waals surface area contributed by atoms with Crippen LogP contribution in [0.2, 0.25) is 0 Å². The van der Waals surface area contributed by atoms with Crippen molar-refractivity contribution in [3.63, 3.8) is 0 Å². The second-order valence-electron chi connectivity index (χ2n) is 4.67. The predicted molar refractivity (Wildman–Crippen MR) is 78.8 cm³/mol. The highest BCUT2D eigenvalue weighted by Gasteiger charge is 2.22. The molecular weight excluding hydrogens is 278 g/mol. The minimum absolute atomic E-state index is 0.0458. The van der Waals surface area contributed by atoms with Crippen LogP contribution in [0.1, 0.15) is 18.1 Å². The predicted octanol–water partition coefficient (Wildman–Crippen LogP) is 0.642. The molecular formula is C13H21N3O3S. The maximum absolute atomic E-state index is 12.3. The van der Waals surface area contributed by atoms with Crippen LogP contribution in [0.3, 0.4) is 0 Å². The van der Waals surface area contributed by atoms with Crippen LogP contribution in [0.4, 0.5) is 5.69 Å². The lowest BCUT2D eigenvalue weighted by molar-refractivity contribution is -0.128. The fraction of sp³-hybridized carbons (Fsp3) is 0.462. The van der Waals surface area contributed by atoms with Crippen LogP contribution in [0, 0.1) is 13.8 Å². The summed E-state index contributed by atoms with van der Waals surface area (Å²) in [6.07, 6.45) is 0. The summed E-state index contributed by atoms with van der Waals surface area (Å²) in [5, 5.41) is 0.